The quantitative estimate of drug-likeness (QED) is 0.813. The smallest absolute Gasteiger partial charge is 0.232 e. The number of anilines is 2. The van der Waals surface area contributed by atoms with Crippen LogP contribution in [0.5, 0.6) is 0 Å². The van der Waals surface area contributed by atoms with Gasteiger partial charge < -0.3 is 9.64 Å². The molecule has 0 aliphatic carbocycles. The first-order valence-corrected chi connectivity index (χ1v) is 10.3. The van der Waals surface area contributed by atoms with Gasteiger partial charge in [0, 0.05) is 37.7 Å². The first-order chi connectivity index (χ1) is 11.4. The summed E-state index contributed by atoms with van der Waals surface area (Å²) in [6.07, 6.45) is 4.56. The molecule has 0 N–H and O–H groups in total. The third-order valence-electron chi connectivity index (χ3n) is 4.58. The van der Waals surface area contributed by atoms with Crippen LogP contribution in [0.4, 0.5) is 11.4 Å². The van der Waals surface area contributed by atoms with Crippen molar-refractivity contribution in [1.82, 2.24) is 0 Å². The normalized spacial score (nSPS) is 22.0. The fourth-order valence-corrected chi connectivity index (χ4v) is 4.33. The van der Waals surface area contributed by atoms with E-state index in [9.17, 15) is 13.2 Å². The highest BCUT2D eigenvalue weighted by molar-refractivity contribution is 7.92. The Morgan fingerprint density at radius 2 is 2.17 bits per heavy atom. The van der Waals surface area contributed by atoms with E-state index >= 15 is 0 Å². The number of carbonyl (C=O) groups is 1. The van der Waals surface area contributed by atoms with Gasteiger partial charge in [-0.2, -0.15) is 0 Å². The standard InChI is InChI=1S/C17H24N2O4S/c1-24(21,22)19(12-14-5-4-10-23-13-14)16-7-2-6-15(11-16)18-9-3-8-17(18)20/h2,6-7,11,14H,3-5,8-10,12-13H2,1H3. The van der Waals surface area contributed by atoms with Crippen LogP contribution in [0.15, 0.2) is 24.3 Å². The Hall–Kier alpha value is -1.60. The van der Waals surface area contributed by atoms with Crippen molar-refractivity contribution in [2.75, 3.05) is 41.8 Å². The van der Waals surface area contributed by atoms with Crippen molar-refractivity contribution in [2.24, 2.45) is 5.92 Å². The molecule has 1 aromatic rings. The Morgan fingerprint density at radius 1 is 1.33 bits per heavy atom. The first-order valence-electron chi connectivity index (χ1n) is 8.41. The minimum absolute atomic E-state index is 0.0961. The summed E-state index contributed by atoms with van der Waals surface area (Å²) in [6, 6.07) is 7.26. The fraction of sp³-hybridized carbons (Fsp3) is 0.588. The average molecular weight is 352 g/mol. The van der Waals surface area contributed by atoms with E-state index < -0.39 is 10.0 Å². The molecule has 24 heavy (non-hydrogen) atoms. The highest BCUT2D eigenvalue weighted by Gasteiger charge is 2.26. The van der Waals surface area contributed by atoms with Crippen molar-refractivity contribution in [3.05, 3.63) is 24.3 Å². The number of hydrogen-bond acceptors (Lipinski definition) is 4. The molecule has 1 aromatic carbocycles. The van der Waals surface area contributed by atoms with Crippen LogP contribution in [-0.4, -0.2) is 46.9 Å². The Balaban J connectivity index is 1.85. The molecule has 7 heteroatoms. The second-order valence-corrected chi connectivity index (χ2v) is 8.45. The lowest BCUT2D eigenvalue weighted by Gasteiger charge is -2.30. The summed E-state index contributed by atoms with van der Waals surface area (Å²) >= 11 is 0. The minimum atomic E-state index is -3.40. The van der Waals surface area contributed by atoms with Crippen LogP contribution in [0.25, 0.3) is 0 Å². The number of rotatable bonds is 5. The van der Waals surface area contributed by atoms with E-state index in [0.717, 1.165) is 31.6 Å². The number of sulfonamides is 1. The zero-order valence-electron chi connectivity index (χ0n) is 14.0. The monoisotopic (exact) mass is 352 g/mol. The number of nitrogens with zero attached hydrogens (tertiary/aromatic N) is 2. The number of carbonyl (C=O) groups excluding carboxylic acids is 1. The Morgan fingerprint density at radius 3 is 2.79 bits per heavy atom. The Labute approximate surface area is 143 Å². The van der Waals surface area contributed by atoms with Crippen molar-refractivity contribution in [1.29, 1.82) is 0 Å². The number of benzene rings is 1. The zero-order chi connectivity index (χ0) is 17.2. The third-order valence-corrected chi connectivity index (χ3v) is 5.74. The summed E-state index contributed by atoms with van der Waals surface area (Å²) in [4.78, 5) is 13.7. The Kier molecular flexibility index (Phi) is 5.10. The maximum absolute atomic E-state index is 12.3. The molecule has 132 valence electrons. The average Bonchev–Trinajstić information content (AvgIpc) is 2.99. The third kappa shape index (κ3) is 3.89. The van der Waals surface area contributed by atoms with Gasteiger partial charge in [-0.1, -0.05) is 6.07 Å². The van der Waals surface area contributed by atoms with Gasteiger partial charge in [0.2, 0.25) is 15.9 Å². The molecular formula is C17H24N2O4S. The van der Waals surface area contributed by atoms with Crippen LogP contribution in [0, 0.1) is 5.92 Å². The van der Waals surface area contributed by atoms with Gasteiger partial charge >= 0.3 is 0 Å². The predicted octanol–water partition coefficient (Wildman–Crippen LogP) is 2.01. The molecule has 1 atom stereocenters. The summed E-state index contributed by atoms with van der Waals surface area (Å²) in [5, 5.41) is 0. The van der Waals surface area contributed by atoms with Gasteiger partial charge in [0.25, 0.3) is 0 Å². The molecule has 6 nitrogen and oxygen atoms in total. The van der Waals surface area contributed by atoms with E-state index in [1.807, 2.05) is 12.1 Å². The summed E-state index contributed by atoms with van der Waals surface area (Å²) in [7, 11) is -3.40. The molecule has 2 fully saturated rings. The fourth-order valence-electron chi connectivity index (χ4n) is 3.36. The molecular weight excluding hydrogens is 328 g/mol. The number of hydrogen-bond donors (Lipinski definition) is 0. The lowest BCUT2D eigenvalue weighted by molar-refractivity contribution is -0.117. The molecule has 0 aromatic heterocycles. The van der Waals surface area contributed by atoms with Crippen LogP contribution in [0.3, 0.4) is 0 Å². The molecule has 2 aliphatic heterocycles. The summed E-state index contributed by atoms with van der Waals surface area (Å²) in [5.74, 6) is 0.296. The van der Waals surface area contributed by atoms with Crippen molar-refractivity contribution < 1.29 is 17.9 Å². The summed E-state index contributed by atoms with van der Waals surface area (Å²) in [6.45, 7) is 2.45. The molecule has 1 unspecified atom stereocenters. The summed E-state index contributed by atoms with van der Waals surface area (Å²) < 4.78 is 31.5. The largest absolute Gasteiger partial charge is 0.381 e. The van der Waals surface area contributed by atoms with Crippen LogP contribution in [0.1, 0.15) is 25.7 Å². The van der Waals surface area contributed by atoms with Crippen LogP contribution >= 0.6 is 0 Å². The maximum Gasteiger partial charge on any atom is 0.232 e. The highest BCUT2D eigenvalue weighted by atomic mass is 32.2. The van der Waals surface area contributed by atoms with E-state index in [4.69, 9.17) is 4.74 Å². The molecule has 0 spiro atoms. The van der Waals surface area contributed by atoms with Crippen molar-refractivity contribution in [3.8, 4) is 0 Å². The van der Waals surface area contributed by atoms with E-state index in [1.165, 1.54) is 10.6 Å². The first kappa shape index (κ1) is 17.2. The van der Waals surface area contributed by atoms with Crippen molar-refractivity contribution in [3.63, 3.8) is 0 Å². The van der Waals surface area contributed by atoms with Gasteiger partial charge in [0.05, 0.1) is 18.6 Å². The molecule has 2 heterocycles. The Bertz CT molecular complexity index is 698. The van der Waals surface area contributed by atoms with Gasteiger partial charge in [0.15, 0.2) is 0 Å². The molecule has 1 amide bonds. The van der Waals surface area contributed by atoms with Crippen LogP contribution in [-0.2, 0) is 19.6 Å². The van der Waals surface area contributed by atoms with Crippen LogP contribution in [0.2, 0.25) is 0 Å². The molecule has 0 saturated carbocycles. The molecule has 0 bridgehead atoms. The lowest BCUT2D eigenvalue weighted by atomic mass is 10.0. The van der Waals surface area contributed by atoms with Crippen LogP contribution < -0.4 is 9.21 Å². The van der Waals surface area contributed by atoms with Gasteiger partial charge in [-0.3, -0.25) is 9.10 Å². The summed E-state index contributed by atoms with van der Waals surface area (Å²) in [5.41, 5.74) is 1.38. The van der Waals surface area contributed by atoms with E-state index in [-0.39, 0.29) is 11.8 Å². The molecule has 2 aliphatic rings. The second-order valence-electron chi connectivity index (χ2n) is 6.55. The zero-order valence-corrected chi connectivity index (χ0v) is 14.8. The topological polar surface area (TPSA) is 66.9 Å². The van der Waals surface area contributed by atoms with Crippen molar-refractivity contribution in [2.45, 2.75) is 25.7 Å². The predicted molar refractivity (Wildman–Crippen MR) is 93.8 cm³/mol. The number of amides is 1. The van der Waals surface area contributed by atoms with Gasteiger partial charge in [-0.25, -0.2) is 8.42 Å². The van der Waals surface area contributed by atoms with E-state index in [2.05, 4.69) is 0 Å². The van der Waals surface area contributed by atoms with Gasteiger partial charge in [-0.05, 0) is 37.5 Å². The van der Waals surface area contributed by atoms with E-state index in [0.29, 0.717) is 31.8 Å². The number of ether oxygens (including phenoxy) is 1. The highest BCUT2D eigenvalue weighted by Crippen LogP contribution is 2.28. The van der Waals surface area contributed by atoms with Gasteiger partial charge in [0.1, 0.15) is 0 Å². The molecule has 0 radical (unpaired) electrons. The van der Waals surface area contributed by atoms with Gasteiger partial charge in [-0.15, -0.1) is 0 Å². The van der Waals surface area contributed by atoms with Crippen molar-refractivity contribution >= 4 is 27.3 Å². The maximum atomic E-state index is 12.3. The second kappa shape index (κ2) is 7.11. The minimum Gasteiger partial charge on any atom is -0.381 e. The van der Waals surface area contributed by atoms with E-state index in [1.54, 1.807) is 17.0 Å². The molecule has 3 rings (SSSR count). The SMILES string of the molecule is CS(=O)(=O)N(CC1CCCOC1)c1cccc(N2CCCC2=O)c1. The lowest BCUT2D eigenvalue weighted by Crippen LogP contribution is -2.37. The molecule has 2 saturated heterocycles.